The molecule has 0 amide bonds. The second-order valence-electron chi connectivity index (χ2n) is 10.4. The summed E-state index contributed by atoms with van der Waals surface area (Å²) in [5.41, 5.74) is 1.95. The Morgan fingerprint density at radius 2 is 1.31 bits per heavy atom. The number of aliphatic carboxylic acids is 2. The fraction of sp³-hybridized carbons (Fsp3) is 0.300. The van der Waals surface area contributed by atoms with Gasteiger partial charge in [0.25, 0.3) is 0 Å². The highest BCUT2D eigenvalue weighted by Gasteiger charge is 2.62. The molecule has 5 N–H and O–H groups in total. The fourth-order valence-corrected chi connectivity index (χ4v) is 6.30. The molecule has 1 aliphatic rings. The normalized spacial score (nSPS) is 19.4. The number of carboxylic acids is 3. The Balaban J connectivity index is 2.13. The Kier molecular flexibility index (Phi) is 7.39. The van der Waals surface area contributed by atoms with Crippen LogP contribution in [0.25, 0.3) is 0 Å². The third kappa shape index (κ3) is 4.93. The maximum atomic E-state index is 12.7. The molecule has 2 atom stereocenters. The van der Waals surface area contributed by atoms with Crippen molar-refractivity contribution in [2.24, 2.45) is 0 Å². The van der Waals surface area contributed by atoms with Crippen molar-refractivity contribution in [2.45, 2.75) is 57.7 Å². The van der Waals surface area contributed by atoms with Gasteiger partial charge in [-0.2, -0.15) is 0 Å². The fourth-order valence-electron chi connectivity index (χ4n) is 6.30. The number of quaternary nitrogens is 1. The molecule has 3 aromatic carbocycles. The van der Waals surface area contributed by atoms with Crippen LogP contribution in [0.2, 0.25) is 0 Å². The maximum Gasteiger partial charge on any atom is 0.341 e. The number of phenols is 2. The van der Waals surface area contributed by atoms with E-state index >= 15 is 0 Å². The van der Waals surface area contributed by atoms with Crippen LogP contribution in [0.15, 0.2) is 60.7 Å². The van der Waals surface area contributed by atoms with Crippen LogP contribution in [-0.2, 0) is 29.1 Å². The zero-order valence-corrected chi connectivity index (χ0v) is 21.8. The van der Waals surface area contributed by atoms with Gasteiger partial charge in [0.15, 0.2) is 5.69 Å². The summed E-state index contributed by atoms with van der Waals surface area (Å²) < 4.78 is 0.0153. The lowest BCUT2D eigenvalue weighted by Crippen LogP contribution is -2.62. The molecule has 9 heteroatoms. The number of nitrogens with zero attached hydrogens (tertiary/aromatic N) is 1. The van der Waals surface area contributed by atoms with E-state index in [1.54, 1.807) is 48.5 Å². The van der Waals surface area contributed by atoms with Crippen LogP contribution in [0.4, 0.5) is 5.69 Å². The minimum atomic E-state index is -1.19. The van der Waals surface area contributed by atoms with Gasteiger partial charge in [-0.05, 0) is 67.1 Å². The number of phenolic OH excluding ortho intramolecular Hbond substituents is 2. The van der Waals surface area contributed by atoms with Crippen molar-refractivity contribution in [3.63, 3.8) is 0 Å². The van der Waals surface area contributed by atoms with Crippen molar-refractivity contribution in [1.82, 2.24) is 4.48 Å². The smallest absolute Gasteiger partial charge is 0.341 e. The number of carbonyl (C=O) groups is 3. The Labute approximate surface area is 225 Å². The van der Waals surface area contributed by atoms with E-state index < -0.39 is 29.4 Å². The van der Waals surface area contributed by atoms with Gasteiger partial charge in [0.2, 0.25) is 0 Å². The topological polar surface area (TPSA) is 152 Å². The Morgan fingerprint density at radius 3 is 1.72 bits per heavy atom. The molecule has 0 radical (unpaired) electrons. The van der Waals surface area contributed by atoms with E-state index in [9.17, 15) is 39.9 Å². The summed E-state index contributed by atoms with van der Waals surface area (Å²) in [6, 6.07) is 16.0. The van der Waals surface area contributed by atoms with Gasteiger partial charge in [-0.25, -0.2) is 4.79 Å². The van der Waals surface area contributed by atoms with E-state index in [-0.39, 0.29) is 47.5 Å². The standard InChI is InChI=1S/C30H31NO8/c1-3-30(2)24(15-26(36)37)27-20(14-25(34)35)8-13-23(29(38)39)28(27)31(30,16-18-4-9-21(32)10-5-18)17-19-6-11-22(33)12-7-19/h4-13,24H,3,14-17H2,1-2H3,(H4-,32,33,34,35,36,37,38,39)/p+1. The molecule has 39 heavy (non-hydrogen) atoms. The first kappa shape index (κ1) is 27.7. The van der Waals surface area contributed by atoms with Gasteiger partial charge in [0, 0.05) is 23.1 Å². The van der Waals surface area contributed by atoms with Crippen molar-refractivity contribution < 1.29 is 39.9 Å². The van der Waals surface area contributed by atoms with Gasteiger partial charge in [0.05, 0.1) is 18.8 Å². The summed E-state index contributed by atoms with van der Waals surface area (Å²) in [4.78, 5) is 36.8. The summed E-state index contributed by atoms with van der Waals surface area (Å²) in [5.74, 6) is -3.90. The summed E-state index contributed by atoms with van der Waals surface area (Å²) in [5, 5.41) is 49.9. The number of hydrogen-bond acceptors (Lipinski definition) is 5. The molecule has 204 valence electrons. The Bertz CT molecular complexity index is 1370. The first-order chi connectivity index (χ1) is 18.4. The number of carboxylic acid groups (broad SMARTS) is 3. The minimum absolute atomic E-state index is 0.00995. The number of aromatic carboxylic acids is 1. The van der Waals surface area contributed by atoms with Crippen molar-refractivity contribution in [2.75, 3.05) is 0 Å². The Morgan fingerprint density at radius 1 is 0.795 bits per heavy atom. The van der Waals surface area contributed by atoms with Crippen LogP contribution in [0, 0.1) is 0 Å². The van der Waals surface area contributed by atoms with Crippen molar-refractivity contribution in [3.05, 3.63) is 88.5 Å². The first-order valence-corrected chi connectivity index (χ1v) is 12.7. The number of benzene rings is 3. The van der Waals surface area contributed by atoms with E-state index in [2.05, 4.69) is 0 Å². The zero-order chi connectivity index (χ0) is 28.5. The van der Waals surface area contributed by atoms with Crippen LogP contribution in [0.1, 0.15) is 65.2 Å². The molecule has 0 aliphatic carbocycles. The lowest BCUT2D eigenvalue weighted by Gasteiger charge is -2.49. The predicted octanol–water partition coefficient (Wildman–Crippen LogP) is 4.87. The molecule has 0 aromatic heterocycles. The molecule has 1 heterocycles. The molecule has 2 unspecified atom stereocenters. The predicted molar refractivity (Wildman–Crippen MR) is 144 cm³/mol. The zero-order valence-electron chi connectivity index (χ0n) is 21.8. The maximum absolute atomic E-state index is 12.7. The molecule has 0 spiro atoms. The third-order valence-corrected chi connectivity index (χ3v) is 8.26. The molecule has 0 fully saturated rings. The van der Waals surface area contributed by atoms with Gasteiger partial charge in [-0.15, -0.1) is 0 Å². The first-order valence-electron chi connectivity index (χ1n) is 12.7. The number of fused-ring (bicyclic) bond motifs is 1. The third-order valence-electron chi connectivity index (χ3n) is 8.26. The van der Waals surface area contributed by atoms with Gasteiger partial charge < -0.3 is 25.5 Å². The molecular weight excluding hydrogens is 502 g/mol. The molecule has 1 aliphatic heterocycles. The molecule has 0 bridgehead atoms. The molecule has 9 nitrogen and oxygen atoms in total. The summed E-state index contributed by atoms with van der Waals surface area (Å²) >= 11 is 0. The average molecular weight is 535 g/mol. The molecule has 3 aromatic rings. The van der Waals surface area contributed by atoms with Crippen molar-refractivity contribution in [3.8, 4) is 11.5 Å². The van der Waals surface area contributed by atoms with E-state index in [0.717, 1.165) is 11.1 Å². The molecule has 0 saturated heterocycles. The lowest BCUT2D eigenvalue weighted by molar-refractivity contribution is -0.138. The second kappa shape index (κ2) is 10.4. The number of rotatable bonds is 10. The van der Waals surface area contributed by atoms with Crippen molar-refractivity contribution >= 4 is 23.6 Å². The van der Waals surface area contributed by atoms with Crippen LogP contribution < -0.4 is 4.48 Å². The van der Waals surface area contributed by atoms with E-state index in [1.807, 2.05) is 13.8 Å². The highest BCUT2D eigenvalue weighted by molar-refractivity contribution is 5.97. The van der Waals surface area contributed by atoms with Crippen LogP contribution in [0.3, 0.4) is 0 Å². The molecule has 0 saturated carbocycles. The lowest BCUT2D eigenvalue weighted by atomic mass is 9.76. The highest BCUT2D eigenvalue weighted by atomic mass is 16.4. The van der Waals surface area contributed by atoms with Crippen LogP contribution >= 0.6 is 0 Å². The summed E-state index contributed by atoms with van der Waals surface area (Å²) in [6.45, 7) is 4.38. The summed E-state index contributed by atoms with van der Waals surface area (Å²) in [7, 11) is 0. The largest absolute Gasteiger partial charge is 0.508 e. The van der Waals surface area contributed by atoms with E-state index in [4.69, 9.17) is 0 Å². The number of hydrogen-bond donors (Lipinski definition) is 5. The molecule has 4 rings (SSSR count). The highest BCUT2D eigenvalue weighted by Crippen LogP contribution is 2.60. The minimum Gasteiger partial charge on any atom is -0.508 e. The van der Waals surface area contributed by atoms with Gasteiger partial charge in [-0.3, -0.25) is 14.1 Å². The van der Waals surface area contributed by atoms with Gasteiger partial charge in [0.1, 0.15) is 35.7 Å². The average Bonchev–Trinajstić information content (AvgIpc) is 3.07. The van der Waals surface area contributed by atoms with E-state index in [1.165, 1.54) is 12.1 Å². The van der Waals surface area contributed by atoms with Gasteiger partial charge in [-0.1, -0.05) is 13.0 Å². The summed E-state index contributed by atoms with van der Waals surface area (Å²) in [6.07, 6.45) is -0.226. The van der Waals surface area contributed by atoms with Gasteiger partial charge >= 0.3 is 17.9 Å². The van der Waals surface area contributed by atoms with E-state index in [0.29, 0.717) is 23.2 Å². The number of aromatic hydroxyl groups is 2. The van der Waals surface area contributed by atoms with Crippen molar-refractivity contribution in [1.29, 1.82) is 0 Å². The second-order valence-corrected chi connectivity index (χ2v) is 10.4. The molecular formula is C30H32NO8+. The Hall–Kier alpha value is -4.37. The quantitative estimate of drug-likeness (QED) is 0.231. The van der Waals surface area contributed by atoms with Crippen LogP contribution in [-0.4, -0.2) is 49.0 Å². The van der Waals surface area contributed by atoms with Crippen LogP contribution in [0.5, 0.6) is 11.5 Å². The monoisotopic (exact) mass is 534 g/mol. The SMILES string of the molecule is CCC1(C)C(CC(=O)O)c2c(CC(=O)O)ccc(C(=O)O)c2[N+]1(Cc1ccc(O)cc1)Cc1ccc(O)cc1.